The zero-order valence-electron chi connectivity index (χ0n) is 23.8. The summed E-state index contributed by atoms with van der Waals surface area (Å²) in [5, 5.41) is 7.54. The third kappa shape index (κ3) is 4.36. The molecule has 2 heterocycles. The van der Waals surface area contributed by atoms with Crippen LogP contribution in [0.4, 0.5) is 0 Å². The highest BCUT2D eigenvalue weighted by Gasteiger charge is 2.17. The van der Waals surface area contributed by atoms with Crippen molar-refractivity contribution in [1.29, 1.82) is 0 Å². The second-order valence-corrected chi connectivity index (χ2v) is 11.0. The van der Waals surface area contributed by atoms with E-state index in [2.05, 4.69) is 145 Å². The number of aromatic nitrogens is 2. The van der Waals surface area contributed by atoms with E-state index in [-0.39, 0.29) is 0 Å². The molecule has 0 atom stereocenters. The zero-order chi connectivity index (χ0) is 28.8. The Morgan fingerprint density at radius 3 is 1.65 bits per heavy atom. The van der Waals surface area contributed by atoms with Gasteiger partial charge >= 0.3 is 0 Å². The molecule has 0 fully saturated rings. The molecule has 0 aliphatic heterocycles. The van der Waals surface area contributed by atoms with Crippen LogP contribution < -0.4 is 0 Å². The minimum atomic E-state index is 0.938. The number of rotatable bonds is 4. The van der Waals surface area contributed by atoms with Gasteiger partial charge < -0.3 is 0 Å². The topological polar surface area (TPSA) is 25.8 Å². The molecule has 0 spiro atoms. The zero-order valence-corrected chi connectivity index (χ0v) is 23.8. The average molecular weight is 549 g/mol. The number of hydrogen-bond acceptors (Lipinski definition) is 2. The summed E-state index contributed by atoms with van der Waals surface area (Å²) in [6, 6.07) is 52.2. The molecule has 0 saturated heterocycles. The van der Waals surface area contributed by atoms with Gasteiger partial charge in [-0.05, 0) is 91.8 Å². The first kappa shape index (κ1) is 25.1. The minimum Gasteiger partial charge on any atom is -0.261 e. The lowest BCUT2D eigenvalue weighted by Gasteiger charge is -2.18. The fourth-order valence-corrected chi connectivity index (χ4v) is 6.40. The number of benzene rings is 6. The van der Waals surface area contributed by atoms with Crippen molar-refractivity contribution in [3.8, 4) is 44.8 Å². The van der Waals surface area contributed by atoms with Crippen LogP contribution >= 0.6 is 0 Å². The highest BCUT2D eigenvalue weighted by molar-refractivity contribution is 6.21. The van der Waals surface area contributed by atoms with E-state index < -0.39 is 0 Å². The summed E-state index contributed by atoms with van der Waals surface area (Å²) in [4.78, 5) is 9.45. The van der Waals surface area contributed by atoms with Gasteiger partial charge in [0.15, 0.2) is 0 Å². The highest BCUT2D eigenvalue weighted by atomic mass is 14.7. The van der Waals surface area contributed by atoms with E-state index in [0.717, 1.165) is 28.2 Å². The first-order valence-electron chi connectivity index (χ1n) is 14.7. The Labute approximate surface area is 251 Å². The molecule has 2 heteroatoms. The predicted octanol–water partition coefficient (Wildman–Crippen LogP) is 10.9. The Kier molecular flexibility index (Phi) is 6.05. The van der Waals surface area contributed by atoms with Crippen LogP contribution in [0, 0.1) is 6.92 Å². The van der Waals surface area contributed by atoms with Crippen molar-refractivity contribution in [2.45, 2.75) is 6.92 Å². The van der Waals surface area contributed by atoms with Crippen LogP contribution in [0.5, 0.6) is 0 Å². The molecule has 0 amide bonds. The van der Waals surface area contributed by atoms with Crippen molar-refractivity contribution >= 4 is 32.3 Å². The van der Waals surface area contributed by atoms with Crippen LogP contribution in [-0.2, 0) is 0 Å². The molecule has 0 aliphatic carbocycles. The first-order chi connectivity index (χ1) is 21.2. The molecule has 0 aliphatic rings. The summed E-state index contributed by atoms with van der Waals surface area (Å²) in [6.07, 6.45) is 1.82. The van der Waals surface area contributed by atoms with Crippen LogP contribution in [0.15, 0.2) is 152 Å². The van der Waals surface area contributed by atoms with Gasteiger partial charge in [-0.15, -0.1) is 0 Å². The Bertz CT molecular complexity index is 2240. The summed E-state index contributed by atoms with van der Waals surface area (Å²) in [5.74, 6) is 0. The molecular formula is C41H28N2. The van der Waals surface area contributed by atoms with Crippen LogP contribution in [0.3, 0.4) is 0 Å². The molecule has 43 heavy (non-hydrogen) atoms. The van der Waals surface area contributed by atoms with Crippen molar-refractivity contribution in [3.05, 3.63) is 157 Å². The van der Waals surface area contributed by atoms with E-state index >= 15 is 0 Å². The molecule has 0 radical (unpaired) electrons. The number of pyridine rings is 2. The van der Waals surface area contributed by atoms with Gasteiger partial charge in [0.05, 0.1) is 11.4 Å². The predicted molar refractivity (Wildman–Crippen MR) is 181 cm³/mol. The SMILES string of the molecule is Cc1ncccc1-c1cccc(-c2ccc(-c3c4ccccc4c(-c4ccc5ccccc5c4)c4ccccc34)cc2)n1. The lowest BCUT2D eigenvalue weighted by Crippen LogP contribution is -1.92. The van der Waals surface area contributed by atoms with Gasteiger partial charge in [-0.25, -0.2) is 4.98 Å². The quantitative estimate of drug-likeness (QED) is 0.204. The fraction of sp³-hybridized carbons (Fsp3) is 0.0244. The Morgan fingerprint density at radius 1 is 0.419 bits per heavy atom. The smallest absolute Gasteiger partial charge is 0.0727 e. The summed E-state index contributed by atoms with van der Waals surface area (Å²) in [6.45, 7) is 2.03. The monoisotopic (exact) mass is 548 g/mol. The van der Waals surface area contributed by atoms with Crippen LogP contribution in [0.1, 0.15) is 5.69 Å². The van der Waals surface area contributed by atoms with Crippen molar-refractivity contribution in [1.82, 2.24) is 9.97 Å². The molecule has 0 saturated carbocycles. The van der Waals surface area contributed by atoms with Crippen molar-refractivity contribution in [2.75, 3.05) is 0 Å². The summed E-state index contributed by atoms with van der Waals surface area (Å²) in [7, 11) is 0. The molecule has 0 N–H and O–H groups in total. The van der Waals surface area contributed by atoms with Crippen LogP contribution in [-0.4, -0.2) is 9.97 Å². The number of hydrogen-bond donors (Lipinski definition) is 0. The van der Waals surface area contributed by atoms with Crippen LogP contribution in [0.25, 0.3) is 77.1 Å². The normalized spacial score (nSPS) is 11.4. The second kappa shape index (κ2) is 10.3. The van der Waals surface area contributed by atoms with Gasteiger partial charge in [0.1, 0.15) is 0 Å². The Balaban J connectivity index is 1.29. The van der Waals surface area contributed by atoms with Gasteiger partial charge in [0, 0.05) is 23.0 Å². The second-order valence-electron chi connectivity index (χ2n) is 11.0. The van der Waals surface area contributed by atoms with Gasteiger partial charge in [-0.2, -0.15) is 0 Å². The van der Waals surface area contributed by atoms with E-state index in [0.29, 0.717) is 0 Å². The van der Waals surface area contributed by atoms with Gasteiger partial charge in [0.2, 0.25) is 0 Å². The lowest BCUT2D eigenvalue weighted by atomic mass is 9.85. The van der Waals surface area contributed by atoms with E-state index in [9.17, 15) is 0 Å². The molecule has 8 aromatic rings. The van der Waals surface area contributed by atoms with E-state index in [1.807, 2.05) is 19.2 Å². The van der Waals surface area contributed by atoms with Crippen molar-refractivity contribution in [2.24, 2.45) is 0 Å². The van der Waals surface area contributed by atoms with E-state index in [4.69, 9.17) is 4.98 Å². The summed E-state index contributed by atoms with van der Waals surface area (Å²) in [5.41, 5.74) is 10.00. The maximum Gasteiger partial charge on any atom is 0.0727 e. The average Bonchev–Trinajstić information content (AvgIpc) is 3.07. The number of aryl methyl sites for hydroxylation is 1. The molecule has 8 rings (SSSR count). The molecule has 6 aromatic carbocycles. The summed E-state index contributed by atoms with van der Waals surface area (Å²) >= 11 is 0. The molecule has 2 nitrogen and oxygen atoms in total. The molecule has 0 bridgehead atoms. The van der Waals surface area contributed by atoms with Crippen molar-refractivity contribution in [3.63, 3.8) is 0 Å². The summed E-state index contributed by atoms with van der Waals surface area (Å²) < 4.78 is 0. The van der Waals surface area contributed by atoms with Crippen molar-refractivity contribution < 1.29 is 0 Å². The number of fused-ring (bicyclic) bond motifs is 3. The standard InChI is InChI=1S/C41H28N2/c1-27-33(16-9-25-42-27)39-18-8-17-38(43-39)29-20-22-30(23-21-29)40-34-12-4-6-14-36(34)41(37-15-7-5-13-35(37)40)32-24-19-28-10-2-3-11-31(28)26-32/h2-26H,1H3. The van der Waals surface area contributed by atoms with Crippen LogP contribution in [0.2, 0.25) is 0 Å². The maximum absolute atomic E-state index is 5.00. The van der Waals surface area contributed by atoms with E-state index in [1.165, 1.54) is 54.6 Å². The third-order valence-electron chi connectivity index (χ3n) is 8.47. The molecule has 0 unspecified atom stereocenters. The van der Waals surface area contributed by atoms with Gasteiger partial charge in [0.25, 0.3) is 0 Å². The first-order valence-corrected chi connectivity index (χ1v) is 14.7. The fourth-order valence-electron chi connectivity index (χ4n) is 6.40. The largest absolute Gasteiger partial charge is 0.261 e. The lowest BCUT2D eigenvalue weighted by molar-refractivity contribution is 1.19. The van der Waals surface area contributed by atoms with E-state index in [1.54, 1.807) is 0 Å². The van der Waals surface area contributed by atoms with Gasteiger partial charge in [-0.3, -0.25) is 4.98 Å². The molecule has 202 valence electrons. The minimum absolute atomic E-state index is 0.938. The Hall–Kier alpha value is -5.60. The van der Waals surface area contributed by atoms with Gasteiger partial charge in [-0.1, -0.05) is 115 Å². The Morgan fingerprint density at radius 2 is 0.977 bits per heavy atom. The highest BCUT2D eigenvalue weighted by Crippen LogP contribution is 2.44. The molecule has 2 aromatic heterocycles. The maximum atomic E-state index is 5.00. The number of nitrogens with zero attached hydrogens (tertiary/aromatic N) is 2. The molecular weight excluding hydrogens is 520 g/mol. The third-order valence-corrected chi connectivity index (χ3v) is 8.47.